The molecule has 1 aliphatic carbocycles. The lowest BCUT2D eigenvalue weighted by Gasteiger charge is -2.39. The van der Waals surface area contributed by atoms with Crippen LogP contribution < -0.4 is 14.8 Å². The first-order chi connectivity index (χ1) is 18.4. The van der Waals surface area contributed by atoms with Crippen molar-refractivity contribution in [2.45, 2.75) is 39.0 Å². The molecule has 8 heteroatoms. The third-order valence-electron chi connectivity index (χ3n) is 7.04. The SMILES string of the molecule is CCOC(=O)C1=C(C)NC2=C(C(=O)[C@@H](C(=O)OCC)[C@H](c3ccccc3OC)C2)[C@@H]1c1ccccc1OC. The molecule has 0 unspecified atom stereocenters. The van der Waals surface area contributed by atoms with E-state index in [9.17, 15) is 14.4 Å². The van der Waals surface area contributed by atoms with Gasteiger partial charge in [-0.2, -0.15) is 0 Å². The number of nitrogens with one attached hydrogen (secondary N) is 1. The van der Waals surface area contributed by atoms with Crippen LogP contribution in [0.15, 0.2) is 71.1 Å². The molecule has 0 aromatic heterocycles. The van der Waals surface area contributed by atoms with E-state index in [-0.39, 0.29) is 13.2 Å². The number of carbonyl (C=O) groups is 3. The zero-order chi connectivity index (χ0) is 27.4. The van der Waals surface area contributed by atoms with Crippen molar-refractivity contribution in [1.82, 2.24) is 5.32 Å². The minimum absolute atomic E-state index is 0.133. The third-order valence-corrected chi connectivity index (χ3v) is 7.04. The molecular formula is C30H33NO7. The zero-order valence-electron chi connectivity index (χ0n) is 22.3. The average Bonchev–Trinajstić information content (AvgIpc) is 2.92. The number of Topliss-reactive ketones (excluding diaryl/α,β-unsaturated/α-hetero) is 1. The van der Waals surface area contributed by atoms with Crippen LogP contribution in [-0.4, -0.2) is 45.2 Å². The highest BCUT2D eigenvalue weighted by atomic mass is 16.5. The van der Waals surface area contributed by atoms with E-state index in [4.69, 9.17) is 18.9 Å². The number of methoxy groups -OCH3 is 2. The van der Waals surface area contributed by atoms with Crippen molar-refractivity contribution in [2.24, 2.45) is 5.92 Å². The second-order valence-corrected chi connectivity index (χ2v) is 9.10. The van der Waals surface area contributed by atoms with Gasteiger partial charge in [0.1, 0.15) is 17.4 Å². The molecule has 1 aliphatic heterocycles. The highest BCUT2D eigenvalue weighted by Crippen LogP contribution is 2.50. The Labute approximate surface area is 222 Å². The number of hydrogen-bond donors (Lipinski definition) is 1. The lowest BCUT2D eigenvalue weighted by Crippen LogP contribution is -2.43. The topological polar surface area (TPSA) is 100 Å². The molecule has 2 aliphatic rings. The highest BCUT2D eigenvalue weighted by molar-refractivity contribution is 6.13. The Morgan fingerprint density at radius 3 is 2.08 bits per heavy atom. The Morgan fingerprint density at radius 1 is 0.895 bits per heavy atom. The van der Waals surface area contributed by atoms with E-state index in [0.29, 0.717) is 46.0 Å². The summed E-state index contributed by atoms with van der Waals surface area (Å²) < 4.78 is 22.0. The number of hydrogen-bond acceptors (Lipinski definition) is 8. The van der Waals surface area contributed by atoms with Crippen molar-refractivity contribution >= 4 is 17.7 Å². The van der Waals surface area contributed by atoms with Crippen LogP contribution in [0.1, 0.15) is 50.2 Å². The molecule has 0 amide bonds. The van der Waals surface area contributed by atoms with Crippen LogP contribution in [-0.2, 0) is 23.9 Å². The van der Waals surface area contributed by atoms with E-state index in [1.54, 1.807) is 33.9 Å². The largest absolute Gasteiger partial charge is 0.496 e. The van der Waals surface area contributed by atoms with E-state index in [2.05, 4.69) is 5.32 Å². The quantitative estimate of drug-likeness (QED) is 0.404. The Bertz CT molecular complexity index is 1310. The summed E-state index contributed by atoms with van der Waals surface area (Å²) in [4.78, 5) is 41.0. The fraction of sp³-hybridized carbons (Fsp3) is 0.367. The Balaban J connectivity index is 1.95. The van der Waals surface area contributed by atoms with Crippen LogP contribution in [0.4, 0.5) is 0 Å². The van der Waals surface area contributed by atoms with E-state index in [1.807, 2.05) is 42.5 Å². The lowest BCUT2D eigenvalue weighted by atomic mass is 9.67. The molecule has 2 aromatic rings. The third kappa shape index (κ3) is 4.78. The van der Waals surface area contributed by atoms with Crippen LogP contribution in [0.5, 0.6) is 11.5 Å². The number of ether oxygens (including phenoxy) is 4. The average molecular weight is 520 g/mol. The summed E-state index contributed by atoms with van der Waals surface area (Å²) in [6, 6.07) is 14.6. The lowest BCUT2D eigenvalue weighted by molar-refractivity contribution is -0.152. The number of dihydropyridines is 1. The molecule has 4 rings (SSSR count). The van der Waals surface area contributed by atoms with Crippen molar-refractivity contribution in [2.75, 3.05) is 27.4 Å². The van der Waals surface area contributed by atoms with E-state index in [0.717, 1.165) is 5.56 Å². The monoisotopic (exact) mass is 519 g/mol. The molecule has 0 bridgehead atoms. The van der Waals surface area contributed by atoms with Gasteiger partial charge in [0.15, 0.2) is 5.78 Å². The smallest absolute Gasteiger partial charge is 0.336 e. The van der Waals surface area contributed by atoms with Crippen molar-refractivity contribution in [3.05, 3.63) is 82.2 Å². The summed E-state index contributed by atoms with van der Waals surface area (Å²) in [5.41, 5.74) is 3.25. The fourth-order valence-electron chi connectivity index (χ4n) is 5.50. The minimum atomic E-state index is -1.12. The van der Waals surface area contributed by atoms with Crippen LogP contribution in [0.2, 0.25) is 0 Å². The molecule has 200 valence electrons. The first-order valence-corrected chi connectivity index (χ1v) is 12.7. The number of para-hydroxylation sites is 2. The van der Waals surface area contributed by atoms with Crippen molar-refractivity contribution in [1.29, 1.82) is 0 Å². The van der Waals surface area contributed by atoms with Gasteiger partial charge in [0.25, 0.3) is 0 Å². The molecule has 0 spiro atoms. The first-order valence-electron chi connectivity index (χ1n) is 12.7. The predicted octanol–water partition coefficient (Wildman–Crippen LogP) is 4.42. The van der Waals surface area contributed by atoms with Gasteiger partial charge in [-0.25, -0.2) is 4.79 Å². The van der Waals surface area contributed by atoms with Gasteiger partial charge in [-0.15, -0.1) is 0 Å². The van der Waals surface area contributed by atoms with Gasteiger partial charge in [0.05, 0.1) is 38.9 Å². The van der Waals surface area contributed by atoms with Crippen LogP contribution >= 0.6 is 0 Å². The molecule has 0 fully saturated rings. The first kappa shape index (κ1) is 27.0. The van der Waals surface area contributed by atoms with Gasteiger partial charge >= 0.3 is 11.9 Å². The van der Waals surface area contributed by atoms with E-state index < -0.39 is 35.5 Å². The van der Waals surface area contributed by atoms with Crippen LogP contribution in [0, 0.1) is 5.92 Å². The summed E-state index contributed by atoms with van der Waals surface area (Å²) in [7, 11) is 3.10. The number of esters is 2. The van der Waals surface area contributed by atoms with Gasteiger partial charge in [-0.3, -0.25) is 9.59 Å². The number of allylic oxidation sites excluding steroid dienone is 3. The van der Waals surface area contributed by atoms with Crippen LogP contribution in [0.25, 0.3) is 0 Å². The molecule has 0 saturated carbocycles. The number of rotatable bonds is 8. The molecule has 38 heavy (non-hydrogen) atoms. The van der Waals surface area contributed by atoms with Gasteiger partial charge in [0, 0.05) is 28.4 Å². The minimum Gasteiger partial charge on any atom is -0.496 e. The normalized spacial score (nSPS) is 20.9. The summed E-state index contributed by atoms with van der Waals surface area (Å²) in [5, 5.41) is 3.31. The van der Waals surface area contributed by atoms with Gasteiger partial charge in [-0.05, 0) is 44.9 Å². The highest BCUT2D eigenvalue weighted by Gasteiger charge is 2.50. The molecule has 1 heterocycles. The maximum atomic E-state index is 14.4. The maximum absolute atomic E-state index is 14.4. The Hall–Kier alpha value is -4.07. The zero-order valence-corrected chi connectivity index (χ0v) is 22.3. The summed E-state index contributed by atoms with van der Waals surface area (Å²) in [5.74, 6) is -2.88. The molecular weight excluding hydrogens is 486 g/mol. The number of benzene rings is 2. The molecule has 0 saturated heterocycles. The van der Waals surface area contributed by atoms with Crippen molar-refractivity contribution in [3.8, 4) is 11.5 Å². The number of carbonyl (C=O) groups excluding carboxylic acids is 3. The van der Waals surface area contributed by atoms with Gasteiger partial charge < -0.3 is 24.3 Å². The predicted molar refractivity (Wildman–Crippen MR) is 141 cm³/mol. The standard InChI is InChI=1S/C30H33NO7/c1-6-37-29(33)24-17(3)31-21-16-20(18-12-8-10-14-22(18)35-4)26(30(34)38-7-2)28(32)27(21)25(24)19-13-9-11-15-23(19)36-5/h8-15,20,25-26,31H,6-7,16H2,1-5H3/t20-,25+,26-/m0/s1. The molecule has 3 atom stereocenters. The molecule has 2 aromatic carbocycles. The summed E-state index contributed by atoms with van der Waals surface area (Å²) in [6.45, 7) is 5.54. The second kappa shape index (κ2) is 11.5. The van der Waals surface area contributed by atoms with Gasteiger partial charge in [-0.1, -0.05) is 36.4 Å². The molecule has 1 N–H and O–H groups in total. The molecule has 8 nitrogen and oxygen atoms in total. The Morgan fingerprint density at radius 2 is 1.47 bits per heavy atom. The fourth-order valence-corrected chi connectivity index (χ4v) is 5.50. The molecule has 0 radical (unpaired) electrons. The summed E-state index contributed by atoms with van der Waals surface area (Å²) in [6.07, 6.45) is 0.337. The maximum Gasteiger partial charge on any atom is 0.336 e. The van der Waals surface area contributed by atoms with E-state index in [1.165, 1.54) is 7.11 Å². The van der Waals surface area contributed by atoms with Crippen molar-refractivity contribution in [3.63, 3.8) is 0 Å². The van der Waals surface area contributed by atoms with E-state index >= 15 is 0 Å². The van der Waals surface area contributed by atoms with Gasteiger partial charge in [0.2, 0.25) is 0 Å². The van der Waals surface area contributed by atoms with Crippen molar-refractivity contribution < 1.29 is 33.3 Å². The van der Waals surface area contributed by atoms with Crippen LogP contribution in [0.3, 0.4) is 0 Å². The Kier molecular flexibility index (Phi) is 8.20. The second-order valence-electron chi connectivity index (χ2n) is 9.10. The summed E-state index contributed by atoms with van der Waals surface area (Å²) >= 11 is 0. The number of ketones is 1.